The molecule has 0 unspecified atom stereocenters. The summed E-state index contributed by atoms with van der Waals surface area (Å²) in [5.41, 5.74) is -0.720. The van der Waals surface area contributed by atoms with Crippen LogP contribution in [-0.4, -0.2) is 24.3 Å². The van der Waals surface area contributed by atoms with E-state index >= 15 is 0 Å². The van der Waals surface area contributed by atoms with Crippen molar-refractivity contribution in [1.29, 1.82) is 0 Å². The van der Waals surface area contributed by atoms with E-state index in [1.807, 2.05) is 0 Å². The van der Waals surface area contributed by atoms with Gasteiger partial charge in [-0.15, -0.1) is 0 Å². The molecular formula is C8H9F2NO3. The van der Waals surface area contributed by atoms with E-state index in [4.69, 9.17) is 14.6 Å². The molecule has 0 saturated carbocycles. The number of aromatic nitrogens is 1. The van der Waals surface area contributed by atoms with E-state index in [9.17, 15) is 8.78 Å². The smallest absolute Gasteiger partial charge is 0.284 e. The molecule has 0 spiro atoms. The SMILES string of the molecule is COc1cc(O)c(C(F)F)nc1OC. The fourth-order valence-electron chi connectivity index (χ4n) is 0.935. The summed E-state index contributed by atoms with van der Waals surface area (Å²) in [5.74, 6) is -0.590. The lowest BCUT2D eigenvalue weighted by atomic mass is 10.3. The Bertz CT molecular complexity index is 331. The summed E-state index contributed by atoms with van der Waals surface area (Å²) < 4.78 is 34.0. The van der Waals surface area contributed by atoms with Crippen LogP contribution in [-0.2, 0) is 0 Å². The van der Waals surface area contributed by atoms with Gasteiger partial charge in [0.25, 0.3) is 12.3 Å². The first-order chi connectivity index (χ1) is 6.60. The van der Waals surface area contributed by atoms with Crippen molar-refractivity contribution in [3.63, 3.8) is 0 Å². The maximum absolute atomic E-state index is 12.3. The number of aromatic hydroxyl groups is 1. The Morgan fingerprint density at radius 1 is 1.36 bits per heavy atom. The fraction of sp³-hybridized carbons (Fsp3) is 0.375. The normalized spacial score (nSPS) is 10.4. The van der Waals surface area contributed by atoms with Crippen LogP contribution < -0.4 is 9.47 Å². The van der Waals surface area contributed by atoms with Crippen molar-refractivity contribution in [3.05, 3.63) is 11.8 Å². The highest BCUT2D eigenvalue weighted by molar-refractivity contribution is 5.43. The predicted molar refractivity (Wildman–Crippen MR) is 44.0 cm³/mol. The van der Waals surface area contributed by atoms with Crippen molar-refractivity contribution in [3.8, 4) is 17.4 Å². The minimum absolute atomic E-state index is 0.0828. The number of halogens is 2. The van der Waals surface area contributed by atoms with Crippen molar-refractivity contribution in [2.75, 3.05) is 14.2 Å². The van der Waals surface area contributed by atoms with Crippen LogP contribution in [0.25, 0.3) is 0 Å². The fourth-order valence-corrected chi connectivity index (χ4v) is 0.935. The van der Waals surface area contributed by atoms with Crippen LogP contribution in [0, 0.1) is 0 Å². The second-order valence-corrected chi connectivity index (χ2v) is 2.40. The standard InChI is InChI=1S/C8H9F2NO3/c1-13-5-3-4(12)6(7(9)10)11-8(5)14-2/h3,7,12H,1-2H3. The molecule has 0 atom stereocenters. The summed E-state index contributed by atoms with van der Waals surface area (Å²) >= 11 is 0. The molecule has 0 aromatic carbocycles. The molecule has 0 aliphatic heterocycles. The largest absolute Gasteiger partial charge is 0.506 e. The number of ether oxygens (including phenoxy) is 2. The maximum Gasteiger partial charge on any atom is 0.284 e. The van der Waals surface area contributed by atoms with Gasteiger partial charge in [0.15, 0.2) is 11.4 Å². The lowest BCUT2D eigenvalue weighted by Crippen LogP contribution is -1.98. The van der Waals surface area contributed by atoms with Gasteiger partial charge in [-0.3, -0.25) is 0 Å². The Hall–Kier alpha value is -1.59. The van der Waals surface area contributed by atoms with Gasteiger partial charge in [0.2, 0.25) is 0 Å². The summed E-state index contributed by atoms with van der Waals surface area (Å²) in [6.07, 6.45) is -2.85. The summed E-state index contributed by atoms with van der Waals surface area (Å²) in [6.45, 7) is 0. The van der Waals surface area contributed by atoms with Crippen LogP contribution in [0.3, 0.4) is 0 Å². The van der Waals surface area contributed by atoms with E-state index < -0.39 is 17.9 Å². The number of hydrogen-bond donors (Lipinski definition) is 1. The van der Waals surface area contributed by atoms with Crippen LogP contribution in [0.4, 0.5) is 8.78 Å². The molecule has 0 aliphatic carbocycles. The molecule has 1 heterocycles. The van der Waals surface area contributed by atoms with Gasteiger partial charge in [0, 0.05) is 6.07 Å². The molecule has 6 heteroatoms. The van der Waals surface area contributed by atoms with E-state index in [1.165, 1.54) is 14.2 Å². The monoisotopic (exact) mass is 205 g/mol. The first kappa shape index (κ1) is 10.5. The lowest BCUT2D eigenvalue weighted by Gasteiger charge is -2.09. The number of hydrogen-bond acceptors (Lipinski definition) is 4. The molecule has 1 aromatic rings. The van der Waals surface area contributed by atoms with E-state index in [2.05, 4.69) is 4.98 Å². The van der Waals surface area contributed by atoms with Crippen LogP contribution in [0.15, 0.2) is 6.07 Å². The van der Waals surface area contributed by atoms with Crippen LogP contribution in [0.2, 0.25) is 0 Å². The van der Waals surface area contributed by atoms with Gasteiger partial charge in [-0.2, -0.15) is 0 Å². The topological polar surface area (TPSA) is 51.6 Å². The average Bonchev–Trinajstić information content (AvgIpc) is 2.16. The van der Waals surface area contributed by atoms with Gasteiger partial charge >= 0.3 is 0 Å². The van der Waals surface area contributed by atoms with Crippen LogP contribution in [0.1, 0.15) is 12.1 Å². The summed E-state index contributed by atoms with van der Waals surface area (Å²) in [4.78, 5) is 3.41. The lowest BCUT2D eigenvalue weighted by molar-refractivity contribution is 0.140. The van der Waals surface area contributed by atoms with Gasteiger partial charge in [-0.25, -0.2) is 13.8 Å². The molecule has 0 fully saturated rings. The third kappa shape index (κ3) is 1.84. The Morgan fingerprint density at radius 2 is 2.00 bits per heavy atom. The highest BCUT2D eigenvalue weighted by Gasteiger charge is 2.19. The molecular weight excluding hydrogens is 196 g/mol. The molecule has 1 rings (SSSR count). The Labute approximate surface area is 79.1 Å². The molecule has 4 nitrogen and oxygen atoms in total. The second-order valence-electron chi connectivity index (χ2n) is 2.40. The van der Waals surface area contributed by atoms with Gasteiger partial charge in [0.1, 0.15) is 5.75 Å². The maximum atomic E-state index is 12.3. The molecule has 0 amide bonds. The minimum Gasteiger partial charge on any atom is -0.506 e. The molecule has 0 saturated heterocycles. The minimum atomic E-state index is -2.85. The zero-order valence-corrected chi connectivity index (χ0v) is 7.62. The summed E-state index contributed by atoms with van der Waals surface area (Å²) in [7, 11) is 2.60. The van der Waals surface area contributed by atoms with Crippen LogP contribution >= 0.6 is 0 Å². The predicted octanol–water partition coefficient (Wildman–Crippen LogP) is 1.74. The Balaban J connectivity index is 3.23. The summed E-state index contributed by atoms with van der Waals surface area (Å²) in [6, 6.07) is 1.04. The van der Waals surface area contributed by atoms with Gasteiger partial charge in [0.05, 0.1) is 14.2 Å². The third-order valence-corrected chi connectivity index (χ3v) is 1.58. The average molecular weight is 205 g/mol. The van der Waals surface area contributed by atoms with Gasteiger partial charge in [-0.1, -0.05) is 0 Å². The third-order valence-electron chi connectivity index (χ3n) is 1.58. The number of nitrogens with zero attached hydrogens (tertiary/aromatic N) is 1. The zero-order valence-electron chi connectivity index (χ0n) is 7.62. The van der Waals surface area contributed by atoms with Crippen LogP contribution in [0.5, 0.6) is 17.4 Å². The van der Waals surface area contributed by atoms with E-state index in [0.717, 1.165) is 6.07 Å². The highest BCUT2D eigenvalue weighted by Crippen LogP contribution is 2.34. The second kappa shape index (κ2) is 4.08. The summed E-state index contributed by atoms with van der Waals surface area (Å²) in [5, 5.41) is 9.13. The van der Waals surface area contributed by atoms with Gasteiger partial charge in [-0.05, 0) is 0 Å². The van der Waals surface area contributed by atoms with Crippen molar-refractivity contribution in [1.82, 2.24) is 4.98 Å². The first-order valence-corrected chi connectivity index (χ1v) is 3.70. The number of alkyl halides is 2. The van der Waals surface area contributed by atoms with Crippen molar-refractivity contribution in [2.45, 2.75) is 6.43 Å². The first-order valence-electron chi connectivity index (χ1n) is 3.70. The molecule has 1 N–H and O–H groups in total. The van der Waals surface area contributed by atoms with Crippen molar-refractivity contribution in [2.24, 2.45) is 0 Å². The van der Waals surface area contributed by atoms with Crippen molar-refractivity contribution >= 4 is 0 Å². The quantitative estimate of drug-likeness (QED) is 0.816. The van der Waals surface area contributed by atoms with E-state index in [0.29, 0.717) is 0 Å². The molecule has 78 valence electrons. The molecule has 1 aromatic heterocycles. The molecule has 14 heavy (non-hydrogen) atoms. The zero-order chi connectivity index (χ0) is 10.7. The highest BCUT2D eigenvalue weighted by atomic mass is 19.3. The van der Waals surface area contributed by atoms with Gasteiger partial charge < -0.3 is 14.6 Å². The molecule has 0 radical (unpaired) electrons. The Morgan fingerprint density at radius 3 is 2.43 bits per heavy atom. The molecule has 0 bridgehead atoms. The van der Waals surface area contributed by atoms with E-state index in [1.54, 1.807) is 0 Å². The number of pyridine rings is 1. The van der Waals surface area contributed by atoms with E-state index in [-0.39, 0.29) is 11.6 Å². The van der Waals surface area contributed by atoms with Crippen molar-refractivity contribution < 1.29 is 23.4 Å². The molecule has 0 aliphatic rings. The Kier molecular flexibility index (Phi) is 3.06. The number of rotatable bonds is 3. The number of methoxy groups -OCH3 is 2.